The Morgan fingerprint density at radius 1 is 1.33 bits per heavy atom. The van der Waals surface area contributed by atoms with Gasteiger partial charge in [0.1, 0.15) is 5.76 Å². The molecule has 1 aromatic carbocycles. The first-order valence-corrected chi connectivity index (χ1v) is 3.33. The zero-order chi connectivity index (χ0) is 9.14. The van der Waals surface area contributed by atoms with E-state index in [-0.39, 0.29) is 0 Å². The Morgan fingerprint density at radius 2 is 2.00 bits per heavy atom. The van der Waals surface area contributed by atoms with Crippen molar-refractivity contribution >= 4 is 5.76 Å². The predicted octanol–water partition coefficient (Wildman–Crippen LogP) is 2.58. The van der Waals surface area contributed by atoms with Crippen molar-refractivity contribution < 1.29 is 13.5 Å². The minimum atomic E-state index is -0.897. The fourth-order valence-corrected chi connectivity index (χ4v) is 0.787. The third kappa shape index (κ3) is 1.61. The van der Waals surface area contributed by atoms with Gasteiger partial charge in [-0.05, 0) is 18.2 Å². The molecule has 0 saturated heterocycles. The molecule has 0 atom stereocenters. The van der Waals surface area contributed by atoms with Crippen molar-refractivity contribution in [1.29, 1.82) is 0 Å². The van der Waals surface area contributed by atoms with Gasteiger partial charge in [0.15, 0.2) is 11.6 Å². The van der Waals surface area contributed by atoms with Gasteiger partial charge in [-0.2, -0.15) is 0 Å². The first-order chi connectivity index (χ1) is 5.65. The summed E-state index contributed by atoms with van der Waals surface area (Å²) in [4.78, 5) is 0. The molecule has 0 aliphatic heterocycles. The van der Waals surface area contributed by atoms with Crippen molar-refractivity contribution in [3.05, 3.63) is 42.0 Å². The molecule has 0 aliphatic rings. The van der Waals surface area contributed by atoms with Crippen LogP contribution in [0.5, 0.6) is 0 Å². The Morgan fingerprint density at radius 3 is 2.50 bits per heavy atom. The van der Waals surface area contributed by atoms with E-state index in [1.807, 2.05) is 0 Å². The molecule has 1 rings (SSSR count). The topological polar surface area (TPSA) is 9.23 Å². The van der Waals surface area contributed by atoms with E-state index >= 15 is 0 Å². The molecule has 0 heterocycles. The van der Waals surface area contributed by atoms with Crippen LogP contribution in [0.2, 0.25) is 0 Å². The lowest BCUT2D eigenvalue weighted by Crippen LogP contribution is -1.89. The average Bonchev–Trinajstić information content (AvgIpc) is 2.08. The summed E-state index contributed by atoms with van der Waals surface area (Å²) in [5.41, 5.74) is 0.441. The highest BCUT2D eigenvalue weighted by Gasteiger charge is 2.04. The number of rotatable bonds is 2. The van der Waals surface area contributed by atoms with E-state index in [1.54, 1.807) is 0 Å². The zero-order valence-electron chi connectivity index (χ0n) is 6.60. The lowest BCUT2D eigenvalue weighted by molar-refractivity contribution is 0.371. The van der Waals surface area contributed by atoms with E-state index in [2.05, 4.69) is 6.58 Å². The van der Waals surface area contributed by atoms with Crippen LogP contribution in [-0.4, -0.2) is 7.11 Å². The molecule has 1 aromatic rings. The Bertz CT molecular complexity index is 307. The smallest absolute Gasteiger partial charge is 0.159 e. The molecule has 12 heavy (non-hydrogen) atoms. The van der Waals surface area contributed by atoms with Gasteiger partial charge in [-0.25, -0.2) is 8.78 Å². The summed E-state index contributed by atoms with van der Waals surface area (Å²) in [5.74, 6) is -1.46. The second-order valence-corrected chi connectivity index (χ2v) is 2.26. The lowest BCUT2D eigenvalue weighted by atomic mass is 10.2. The molecular formula is C9H8F2O. The largest absolute Gasteiger partial charge is 0.497 e. The number of hydrogen-bond acceptors (Lipinski definition) is 1. The molecule has 64 valence electrons. The van der Waals surface area contributed by atoms with Crippen molar-refractivity contribution in [2.45, 2.75) is 0 Å². The van der Waals surface area contributed by atoms with Crippen molar-refractivity contribution in [3.8, 4) is 0 Å². The highest BCUT2D eigenvalue weighted by molar-refractivity contribution is 5.57. The fraction of sp³-hybridized carbons (Fsp3) is 0.111. The molecule has 0 fully saturated rings. The fourth-order valence-electron chi connectivity index (χ4n) is 0.787. The highest BCUT2D eigenvalue weighted by atomic mass is 19.2. The van der Waals surface area contributed by atoms with Crippen LogP contribution < -0.4 is 0 Å². The molecule has 0 bridgehead atoms. The monoisotopic (exact) mass is 170 g/mol. The molecule has 0 saturated carbocycles. The van der Waals surface area contributed by atoms with Crippen LogP contribution in [0.3, 0.4) is 0 Å². The van der Waals surface area contributed by atoms with Crippen molar-refractivity contribution in [2.75, 3.05) is 7.11 Å². The molecule has 0 radical (unpaired) electrons. The SMILES string of the molecule is C=C(OC)c1ccc(F)c(F)c1. The standard InChI is InChI=1S/C9H8F2O/c1-6(12-2)7-3-4-8(10)9(11)5-7/h3-5H,1H2,2H3. The van der Waals surface area contributed by atoms with Crippen LogP contribution in [0.15, 0.2) is 24.8 Å². The van der Waals surface area contributed by atoms with Crippen LogP contribution in [0.25, 0.3) is 5.76 Å². The number of methoxy groups -OCH3 is 1. The minimum Gasteiger partial charge on any atom is -0.497 e. The number of ether oxygens (including phenoxy) is 1. The molecule has 3 heteroatoms. The average molecular weight is 170 g/mol. The Balaban J connectivity index is 3.05. The molecule has 0 spiro atoms. The maximum Gasteiger partial charge on any atom is 0.159 e. The quantitative estimate of drug-likeness (QED) is 0.620. The summed E-state index contributed by atoms with van der Waals surface area (Å²) in [5, 5.41) is 0. The first-order valence-electron chi connectivity index (χ1n) is 3.33. The van der Waals surface area contributed by atoms with Crippen molar-refractivity contribution in [2.24, 2.45) is 0 Å². The summed E-state index contributed by atoms with van der Waals surface area (Å²) >= 11 is 0. The number of benzene rings is 1. The van der Waals surface area contributed by atoms with Gasteiger partial charge in [-0.3, -0.25) is 0 Å². The van der Waals surface area contributed by atoms with Gasteiger partial charge in [-0.15, -0.1) is 0 Å². The van der Waals surface area contributed by atoms with E-state index in [1.165, 1.54) is 13.2 Å². The van der Waals surface area contributed by atoms with Gasteiger partial charge in [0, 0.05) is 5.56 Å². The summed E-state index contributed by atoms with van der Waals surface area (Å²) in [6, 6.07) is 3.49. The van der Waals surface area contributed by atoms with Gasteiger partial charge < -0.3 is 4.74 Å². The second-order valence-electron chi connectivity index (χ2n) is 2.26. The summed E-state index contributed by atoms with van der Waals surface area (Å²) in [6.07, 6.45) is 0. The second kappa shape index (κ2) is 3.34. The van der Waals surface area contributed by atoms with E-state index in [0.29, 0.717) is 11.3 Å². The number of hydrogen-bond donors (Lipinski definition) is 0. The summed E-state index contributed by atoms with van der Waals surface area (Å²) in [7, 11) is 1.42. The van der Waals surface area contributed by atoms with Gasteiger partial charge in [0.2, 0.25) is 0 Å². The summed E-state index contributed by atoms with van der Waals surface area (Å²) < 4.78 is 29.8. The van der Waals surface area contributed by atoms with Crippen molar-refractivity contribution in [3.63, 3.8) is 0 Å². The molecular weight excluding hydrogens is 162 g/mol. The van der Waals surface area contributed by atoms with Crippen LogP contribution >= 0.6 is 0 Å². The van der Waals surface area contributed by atoms with Gasteiger partial charge in [0.05, 0.1) is 7.11 Å². The highest BCUT2D eigenvalue weighted by Crippen LogP contribution is 2.15. The van der Waals surface area contributed by atoms with E-state index in [0.717, 1.165) is 12.1 Å². The van der Waals surface area contributed by atoms with Crippen LogP contribution in [0.1, 0.15) is 5.56 Å². The third-order valence-electron chi connectivity index (χ3n) is 1.49. The normalized spacial score (nSPS) is 9.58. The lowest BCUT2D eigenvalue weighted by Gasteiger charge is -2.03. The van der Waals surface area contributed by atoms with E-state index in [9.17, 15) is 8.78 Å². The third-order valence-corrected chi connectivity index (χ3v) is 1.49. The molecule has 0 aromatic heterocycles. The van der Waals surface area contributed by atoms with E-state index in [4.69, 9.17) is 4.74 Å². The zero-order valence-corrected chi connectivity index (χ0v) is 6.60. The molecule has 0 unspecified atom stereocenters. The van der Waals surface area contributed by atoms with Gasteiger partial charge >= 0.3 is 0 Å². The molecule has 0 N–H and O–H groups in total. The number of halogens is 2. The Labute approximate surface area is 69.3 Å². The van der Waals surface area contributed by atoms with Gasteiger partial charge in [-0.1, -0.05) is 6.58 Å². The molecule has 1 nitrogen and oxygen atoms in total. The van der Waals surface area contributed by atoms with Crippen molar-refractivity contribution in [1.82, 2.24) is 0 Å². The Kier molecular flexibility index (Phi) is 2.43. The van der Waals surface area contributed by atoms with E-state index < -0.39 is 11.6 Å². The minimum absolute atomic E-state index is 0.314. The maximum absolute atomic E-state index is 12.6. The van der Waals surface area contributed by atoms with Crippen LogP contribution in [0.4, 0.5) is 8.78 Å². The molecule has 0 aliphatic carbocycles. The maximum atomic E-state index is 12.6. The summed E-state index contributed by atoms with van der Waals surface area (Å²) in [6.45, 7) is 3.50. The van der Waals surface area contributed by atoms with Crippen LogP contribution in [-0.2, 0) is 4.74 Å². The van der Waals surface area contributed by atoms with Gasteiger partial charge in [0.25, 0.3) is 0 Å². The van der Waals surface area contributed by atoms with Crippen LogP contribution in [0, 0.1) is 11.6 Å². The first kappa shape index (κ1) is 8.71. The predicted molar refractivity (Wildman–Crippen MR) is 42.4 cm³/mol. The molecule has 0 amide bonds. The Hall–Kier alpha value is -1.38.